The molecule has 3 nitrogen and oxygen atoms in total. The first-order valence-corrected chi connectivity index (χ1v) is 6.35. The van der Waals surface area contributed by atoms with Crippen molar-refractivity contribution in [2.24, 2.45) is 0 Å². The van der Waals surface area contributed by atoms with Gasteiger partial charge in [0.25, 0.3) is 0 Å². The Labute approximate surface area is 95.1 Å². The van der Waals surface area contributed by atoms with Crippen molar-refractivity contribution in [3.63, 3.8) is 0 Å². The van der Waals surface area contributed by atoms with E-state index in [4.69, 9.17) is 4.52 Å². The molecule has 0 fully saturated rings. The molecule has 0 rings (SSSR count). The van der Waals surface area contributed by atoms with Crippen LogP contribution >= 0.6 is 7.60 Å². The Morgan fingerprint density at radius 3 is 2.23 bits per heavy atom. The van der Waals surface area contributed by atoms with Crippen LogP contribution in [-0.2, 0) is 30.2 Å². The van der Waals surface area contributed by atoms with Crippen molar-refractivity contribution in [3.05, 3.63) is 0 Å². The molecule has 1 unspecified atom stereocenters. The molecular weight excluding hydrogens is 271 g/mol. The van der Waals surface area contributed by atoms with Crippen LogP contribution in [-0.4, -0.2) is 17.7 Å². The van der Waals surface area contributed by atoms with E-state index in [0.717, 1.165) is 25.7 Å². The second kappa shape index (κ2) is 9.40. The van der Waals surface area contributed by atoms with Crippen LogP contribution in [0.2, 0.25) is 0 Å². The van der Waals surface area contributed by atoms with Gasteiger partial charge < -0.3 is 9.42 Å². The Morgan fingerprint density at radius 1 is 1.23 bits per heavy atom. The standard InChI is InChI=1S/C8H19O3P.Mo/c1-3-5-7-11-12(9,10)8-6-4-2;/h3-8H2,1-2H3,(H,9,10);. The molecule has 0 saturated heterocycles. The Kier molecular flexibility index (Phi) is 11.8. The maximum Gasteiger partial charge on any atom is 0.328 e. The van der Waals surface area contributed by atoms with Crippen molar-refractivity contribution in [1.29, 1.82) is 0 Å². The topological polar surface area (TPSA) is 46.5 Å². The van der Waals surface area contributed by atoms with Crippen LogP contribution in [0, 0.1) is 0 Å². The smallest absolute Gasteiger partial charge is 0.324 e. The first-order valence-electron chi connectivity index (χ1n) is 4.58. The third kappa shape index (κ3) is 10.8. The molecule has 0 aromatic carbocycles. The molecule has 1 atom stereocenters. The van der Waals surface area contributed by atoms with Crippen LogP contribution in [0.15, 0.2) is 0 Å². The van der Waals surface area contributed by atoms with E-state index < -0.39 is 7.60 Å². The summed E-state index contributed by atoms with van der Waals surface area (Å²) < 4.78 is 16.1. The fraction of sp³-hybridized carbons (Fsp3) is 1.00. The van der Waals surface area contributed by atoms with Gasteiger partial charge in [-0.2, -0.15) is 0 Å². The summed E-state index contributed by atoms with van der Waals surface area (Å²) >= 11 is 0. The van der Waals surface area contributed by atoms with Gasteiger partial charge in [-0.1, -0.05) is 26.7 Å². The molecule has 0 aliphatic carbocycles. The molecule has 0 saturated carbocycles. The van der Waals surface area contributed by atoms with E-state index >= 15 is 0 Å². The number of hydrogen-bond donors (Lipinski definition) is 1. The molecule has 0 bridgehead atoms. The van der Waals surface area contributed by atoms with Gasteiger partial charge in [0, 0.05) is 27.2 Å². The normalized spacial score (nSPS) is 14.7. The maximum absolute atomic E-state index is 11.2. The molecule has 0 amide bonds. The molecule has 0 aromatic rings. The van der Waals surface area contributed by atoms with Gasteiger partial charge in [0.05, 0.1) is 6.61 Å². The minimum absolute atomic E-state index is 0. The summed E-state index contributed by atoms with van der Waals surface area (Å²) in [7, 11) is -3.24. The summed E-state index contributed by atoms with van der Waals surface area (Å²) in [5.74, 6) is 0. The summed E-state index contributed by atoms with van der Waals surface area (Å²) in [5.41, 5.74) is 0. The van der Waals surface area contributed by atoms with Crippen molar-refractivity contribution < 1.29 is 35.0 Å². The predicted octanol–water partition coefficient (Wildman–Crippen LogP) is 2.79. The zero-order valence-electron chi connectivity index (χ0n) is 8.36. The number of unbranched alkanes of at least 4 members (excludes halogenated alkanes) is 2. The fourth-order valence-corrected chi connectivity index (χ4v) is 2.03. The van der Waals surface area contributed by atoms with Gasteiger partial charge in [0.1, 0.15) is 0 Å². The summed E-state index contributed by atoms with van der Waals surface area (Å²) in [6.07, 6.45) is 3.85. The van der Waals surface area contributed by atoms with E-state index in [9.17, 15) is 9.46 Å². The second-order valence-corrected chi connectivity index (χ2v) is 4.88. The minimum Gasteiger partial charge on any atom is -0.324 e. The van der Waals surface area contributed by atoms with Crippen molar-refractivity contribution in [2.75, 3.05) is 12.8 Å². The van der Waals surface area contributed by atoms with Crippen LogP contribution in [0.3, 0.4) is 0 Å². The Morgan fingerprint density at radius 2 is 1.77 bits per heavy atom. The zero-order chi connectivity index (χ0) is 9.45. The van der Waals surface area contributed by atoms with Gasteiger partial charge in [-0.05, 0) is 12.8 Å². The van der Waals surface area contributed by atoms with Crippen LogP contribution in [0.5, 0.6) is 0 Å². The van der Waals surface area contributed by atoms with Crippen molar-refractivity contribution in [1.82, 2.24) is 0 Å². The second-order valence-electron chi connectivity index (χ2n) is 2.90. The molecule has 5 heteroatoms. The average Bonchev–Trinajstić information content (AvgIpc) is 2.01. The van der Waals surface area contributed by atoms with Crippen LogP contribution in [0.4, 0.5) is 0 Å². The third-order valence-electron chi connectivity index (χ3n) is 1.59. The summed E-state index contributed by atoms with van der Waals surface area (Å²) in [6.45, 7) is 4.43. The molecule has 1 N–H and O–H groups in total. The molecule has 0 aliphatic heterocycles. The number of hydrogen-bond acceptors (Lipinski definition) is 2. The Bertz CT molecular complexity index is 152. The molecular formula is C8H19MoO3P. The quantitative estimate of drug-likeness (QED) is 0.445. The monoisotopic (exact) mass is 292 g/mol. The van der Waals surface area contributed by atoms with Gasteiger partial charge in [0.2, 0.25) is 0 Å². The van der Waals surface area contributed by atoms with E-state index in [2.05, 4.69) is 0 Å². The molecule has 0 aliphatic rings. The Balaban J connectivity index is 0. The van der Waals surface area contributed by atoms with Crippen molar-refractivity contribution in [3.8, 4) is 0 Å². The van der Waals surface area contributed by atoms with E-state index in [1.807, 2.05) is 13.8 Å². The van der Waals surface area contributed by atoms with Crippen molar-refractivity contribution in [2.45, 2.75) is 39.5 Å². The minimum atomic E-state index is -3.24. The van der Waals surface area contributed by atoms with Gasteiger partial charge >= 0.3 is 7.60 Å². The largest absolute Gasteiger partial charge is 0.328 e. The predicted molar refractivity (Wildman–Crippen MR) is 50.5 cm³/mol. The first-order chi connectivity index (χ1) is 5.62. The molecule has 0 radical (unpaired) electrons. The number of rotatable bonds is 7. The van der Waals surface area contributed by atoms with Crippen LogP contribution in [0.25, 0.3) is 0 Å². The molecule has 0 aromatic heterocycles. The summed E-state index contributed by atoms with van der Waals surface area (Å²) in [6, 6.07) is 0. The molecule has 0 heterocycles. The SMILES string of the molecule is CCCCOP(=O)(O)CCCC.[Mo]. The zero-order valence-corrected chi connectivity index (χ0v) is 11.3. The molecule has 0 spiro atoms. The van der Waals surface area contributed by atoms with Gasteiger partial charge in [-0.3, -0.25) is 4.57 Å². The van der Waals surface area contributed by atoms with Crippen molar-refractivity contribution >= 4 is 7.60 Å². The van der Waals surface area contributed by atoms with Gasteiger partial charge in [-0.25, -0.2) is 0 Å². The summed E-state index contributed by atoms with van der Waals surface area (Å²) in [4.78, 5) is 9.21. The van der Waals surface area contributed by atoms with E-state index in [1.54, 1.807) is 0 Å². The average molecular weight is 290 g/mol. The first kappa shape index (κ1) is 16.3. The maximum atomic E-state index is 11.2. The third-order valence-corrected chi connectivity index (χ3v) is 3.05. The van der Waals surface area contributed by atoms with E-state index in [0.29, 0.717) is 12.8 Å². The van der Waals surface area contributed by atoms with E-state index in [1.165, 1.54) is 0 Å². The van der Waals surface area contributed by atoms with Crippen LogP contribution in [0.1, 0.15) is 39.5 Å². The van der Waals surface area contributed by atoms with E-state index in [-0.39, 0.29) is 21.1 Å². The van der Waals surface area contributed by atoms with Gasteiger partial charge in [-0.15, -0.1) is 0 Å². The van der Waals surface area contributed by atoms with Crippen LogP contribution < -0.4 is 0 Å². The molecule has 13 heavy (non-hydrogen) atoms. The summed E-state index contributed by atoms with van der Waals surface area (Å²) in [5, 5.41) is 0. The van der Waals surface area contributed by atoms with Gasteiger partial charge in [0.15, 0.2) is 0 Å². The Hall–Kier alpha value is 0.838. The molecule has 80 valence electrons. The fourth-order valence-electron chi connectivity index (χ4n) is 0.774.